The van der Waals surface area contributed by atoms with E-state index in [-0.39, 0.29) is 16.9 Å². The van der Waals surface area contributed by atoms with Crippen LogP contribution in [0.25, 0.3) is 5.76 Å². The van der Waals surface area contributed by atoms with E-state index in [2.05, 4.69) is 15.9 Å². The fraction of sp³-hybridized carbons (Fsp3) is 0.120. The minimum Gasteiger partial charge on any atom is -0.507 e. The van der Waals surface area contributed by atoms with Crippen molar-refractivity contribution in [2.75, 3.05) is 12.0 Å². The number of hydrogen-bond donors (Lipinski definition) is 1. The van der Waals surface area contributed by atoms with Crippen molar-refractivity contribution < 1.29 is 23.8 Å². The summed E-state index contributed by atoms with van der Waals surface area (Å²) in [5, 5.41) is 11.1. The lowest BCUT2D eigenvalue weighted by Crippen LogP contribution is -2.29. The van der Waals surface area contributed by atoms with Gasteiger partial charge in [-0.05, 0) is 55.0 Å². The molecule has 4 rings (SSSR count). The van der Waals surface area contributed by atoms with Gasteiger partial charge in [-0.2, -0.15) is 0 Å². The Morgan fingerprint density at radius 1 is 1.06 bits per heavy atom. The molecular weight excluding hydrogens is 477 g/mol. The monoisotopic (exact) mass is 495 g/mol. The van der Waals surface area contributed by atoms with E-state index in [9.17, 15) is 19.1 Å². The van der Waals surface area contributed by atoms with Gasteiger partial charge in [0, 0.05) is 21.3 Å². The van der Waals surface area contributed by atoms with Gasteiger partial charge in [0.1, 0.15) is 17.3 Å². The van der Waals surface area contributed by atoms with Gasteiger partial charge in [0.25, 0.3) is 11.7 Å². The van der Waals surface area contributed by atoms with Gasteiger partial charge < -0.3 is 9.84 Å². The fourth-order valence-corrected chi connectivity index (χ4v) is 4.03. The lowest BCUT2D eigenvalue weighted by molar-refractivity contribution is -0.132. The average molecular weight is 496 g/mol. The molecule has 1 amide bonds. The Balaban J connectivity index is 1.95. The van der Waals surface area contributed by atoms with Crippen molar-refractivity contribution in [1.29, 1.82) is 0 Å². The first-order valence-corrected chi connectivity index (χ1v) is 10.6. The first-order valence-electron chi connectivity index (χ1n) is 9.79. The molecule has 7 heteroatoms. The number of anilines is 1. The normalized spacial score (nSPS) is 17.6. The zero-order valence-electron chi connectivity index (χ0n) is 17.3. The number of carbonyl (C=O) groups is 2. The van der Waals surface area contributed by atoms with Crippen LogP contribution >= 0.6 is 15.9 Å². The van der Waals surface area contributed by atoms with Crippen LogP contribution in [0.15, 0.2) is 76.8 Å². The van der Waals surface area contributed by atoms with Crippen molar-refractivity contribution in [1.82, 2.24) is 0 Å². The fourth-order valence-electron chi connectivity index (χ4n) is 3.78. The number of aliphatic hydroxyl groups is 1. The first-order chi connectivity index (χ1) is 15.3. The van der Waals surface area contributed by atoms with Crippen molar-refractivity contribution in [3.63, 3.8) is 0 Å². The number of carbonyl (C=O) groups excluding carboxylic acids is 2. The molecule has 0 spiro atoms. The lowest BCUT2D eigenvalue weighted by Gasteiger charge is -2.26. The summed E-state index contributed by atoms with van der Waals surface area (Å²) in [6, 6.07) is 16.3. The summed E-state index contributed by atoms with van der Waals surface area (Å²) in [6.07, 6.45) is 0. The van der Waals surface area contributed by atoms with Gasteiger partial charge in [0.15, 0.2) is 0 Å². The SMILES string of the molecule is COc1ccc(N2C(=O)C(=O)/C(=C(/O)c3ccc(Br)c(C)c3)C2c2ccccc2F)cc1. The third kappa shape index (κ3) is 3.69. The molecule has 3 aromatic carbocycles. The number of ketones is 1. The molecule has 0 saturated carbocycles. The third-order valence-electron chi connectivity index (χ3n) is 5.43. The summed E-state index contributed by atoms with van der Waals surface area (Å²) in [5.74, 6) is -2.11. The molecule has 3 aromatic rings. The molecule has 1 aliphatic heterocycles. The number of aliphatic hydroxyl groups excluding tert-OH is 1. The van der Waals surface area contributed by atoms with Crippen LogP contribution in [0.4, 0.5) is 10.1 Å². The predicted octanol–water partition coefficient (Wildman–Crippen LogP) is 5.53. The second-order valence-corrected chi connectivity index (χ2v) is 8.21. The van der Waals surface area contributed by atoms with Gasteiger partial charge in [-0.1, -0.05) is 40.2 Å². The first kappa shape index (κ1) is 21.8. The summed E-state index contributed by atoms with van der Waals surface area (Å²) in [7, 11) is 1.51. The maximum absolute atomic E-state index is 14.9. The van der Waals surface area contributed by atoms with E-state index in [4.69, 9.17) is 4.74 Å². The second-order valence-electron chi connectivity index (χ2n) is 7.35. The number of rotatable bonds is 4. The van der Waals surface area contributed by atoms with E-state index in [1.165, 1.54) is 30.2 Å². The Bertz CT molecular complexity index is 1250. The van der Waals surface area contributed by atoms with Gasteiger partial charge >= 0.3 is 0 Å². The van der Waals surface area contributed by atoms with Gasteiger partial charge in [-0.15, -0.1) is 0 Å². The smallest absolute Gasteiger partial charge is 0.300 e. The number of halogens is 2. The molecule has 1 heterocycles. The number of benzene rings is 3. The zero-order chi connectivity index (χ0) is 23.0. The standard InChI is InChI=1S/C25H19BrFNO4/c1-14-13-15(7-12-19(14)26)23(29)21-22(18-5-3-4-6-20(18)27)28(25(31)24(21)30)16-8-10-17(32-2)11-9-16/h3-13,22,29H,1-2H3/b23-21+. The lowest BCUT2D eigenvalue weighted by atomic mass is 9.94. The Morgan fingerprint density at radius 3 is 2.38 bits per heavy atom. The van der Waals surface area contributed by atoms with Gasteiger partial charge in [-0.3, -0.25) is 14.5 Å². The Hall–Kier alpha value is -3.45. The molecule has 0 bridgehead atoms. The molecule has 162 valence electrons. The Labute approximate surface area is 192 Å². The number of methoxy groups -OCH3 is 1. The molecule has 5 nitrogen and oxygen atoms in total. The highest BCUT2D eigenvalue weighted by molar-refractivity contribution is 9.10. The van der Waals surface area contributed by atoms with E-state index in [0.717, 1.165) is 10.0 Å². The van der Waals surface area contributed by atoms with Crippen LogP contribution in [0.5, 0.6) is 5.75 Å². The minimum atomic E-state index is -1.13. The van der Waals surface area contributed by atoms with Gasteiger partial charge in [0.05, 0.1) is 18.7 Å². The minimum absolute atomic E-state index is 0.109. The largest absolute Gasteiger partial charge is 0.507 e. The van der Waals surface area contributed by atoms with Crippen LogP contribution < -0.4 is 9.64 Å². The Kier molecular flexibility index (Phi) is 5.84. The molecule has 0 aromatic heterocycles. The average Bonchev–Trinajstić information content (AvgIpc) is 3.06. The number of hydrogen-bond acceptors (Lipinski definition) is 4. The summed E-state index contributed by atoms with van der Waals surface area (Å²) in [4.78, 5) is 27.4. The van der Waals surface area contributed by atoms with Crippen molar-refractivity contribution in [2.45, 2.75) is 13.0 Å². The molecule has 1 fully saturated rings. The second kappa shape index (κ2) is 8.59. The van der Waals surface area contributed by atoms with Crippen LogP contribution in [0.2, 0.25) is 0 Å². The highest BCUT2D eigenvalue weighted by Gasteiger charge is 2.47. The van der Waals surface area contributed by atoms with Crippen molar-refractivity contribution >= 4 is 39.1 Å². The van der Waals surface area contributed by atoms with Crippen LogP contribution in [0.3, 0.4) is 0 Å². The number of aryl methyl sites for hydroxylation is 1. The van der Waals surface area contributed by atoms with E-state index in [0.29, 0.717) is 17.0 Å². The molecule has 32 heavy (non-hydrogen) atoms. The van der Waals surface area contributed by atoms with Crippen LogP contribution in [-0.4, -0.2) is 23.9 Å². The molecule has 0 aliphatic carbocycles. The zero-order valence-corrected chi connectivity index (χ0v) is 18.9. The molecule has 0 radical (unpaired) electrons. The molecule has 1 atom stereocenters. The van der Waals surface area contributed by atoms with E-state index < -0.39 is 23.5 Å². The number of amides is 1. The summed E-state index contributed by atoms with van der Waals surface area (Å²) >= 11 is 3.41. The molecule has 1 N–H and O–H groups in total. The van der Waals surface area contributed by atoms with E-state index in [1.807, 2.05) is 6.92 Å². The van der Waals surface area contributed by atoms with Crippen molar-refractivity contribution in [3.8, 4) is 5.75 Å². The highest BCUT2D eigenvalue weighted by Crippen LogP contribution is 2.43. The number of nitrogens with zero attached hydrogens (tertiary/aromatic N) is 1. The number of ether oxygens (including phenoxy) is 1. The molecule has 1 unspecified atom stereocenters. The summed E-state index contributed by atoms with van der Waals surface area (Å²) < 4.78 is 20.9. The highest BCUT2D eigenvalue weighted by atomic mass is 79.9. The van der Waals surface area contributed by atoms with Crippen LogP contribution in [0.1, 0.15) is 22.7 Å². The van der Waals surface area contributed by atoms with Crippen molar-refractivity contribution in [2.24, 2.45) is 0 Å². The van der Waals surface area contributed by atoms with E-state index in [1.54, 1.807) is 48.5 Å². The molecule has 1 aliphatic rings. The maximum atomic E-state index is 14.9. The topological polar surface area (TPSA) is 66.8 Å². The van der Waals surface area contributed by atoms with Crippen molar-refractivity contribution in [3.05, 3.63) is 99.3 Å². The molecule has 1 saturated heterocycles. The number of Topliss-reactive ketones (excluding diaryl/α,β-unsaturated/α-hetero) is 1. The van der Waals surface area contributed by atoms with Gasteiger partial charge in [0.2, 0.25) is 0 Å². The van der Waals surface area contributed by atoms with Crippen LogP contribution in [-0.2, 0) is 9.59 Å². The Morgan fingerprint density at radius 2 is 1.75 bits per heavy atom. The predicted molar refractivity (Wildman–Crippen MR) is 123 cm³/mol. The van der Waals surface area contributed by atoms with Gasteiger partial charge in [-0.25, -0.2) is 4.39 Å². The van der Waals surface area contributed by atoms with Crippen LogP contribution in [0, 0.1) is 12.7 Å². The van der Waals surface area contributed by atoms with E-state index >= 15 is 0 Å². The summed E-state index contributed by atoms with van der Waals surface area (Å²) in [6.45, 7) is 1.84. The third-order valence-corrected chi connectivity index (χ3v) is 6.32. The maximum Gasteiger partial charge on any atom is 0.300 e. The molecular formula is C25H19BrFNO4. The summed E-state index contributed by atoms with van der Waals surface area (Å²) in [5.41, 5.74) is 1.52. The quantitative estimate of drug-likeness (QED) is 0.293.